The van der Waals surface area contributed by atoms with Gasteiger partial charge in [0, 0.05) is 12.8 Å². The molecule has 3 nitrogen and oxygen atoms in total. The molecule has 0 bridgehead atoms. The first-order chi connectivity index (χ1) is 17.6. The third kappa shape index (κ3) is 5.24. The molecule has 0 amide bonds. The van der Waals surface area contributed by atoms with Gasteiger partial charge in [0.05, 0.1) is 0 Å². The van der Waals surface area contributed by atoms with E-state index in [4.69, 9.17) is 4.74 Å². The van der Waals surface area contributed by atoms with Gasteiger partial charge in [-0.1, -0.05) is 97.1 Å². The molecule has 5 rings (SSSR count). The normalized spacial score (nSPS) is 11.2. The van der Waals surface area contributed by atoms with Gasteiger partial charge >= 0.3 is 5.97 Å². The van der Waals surface area contributed by atoms with Crippen molar-refractivity contribution in [3.05, 3.63) is 137 Å². The minimum absolute atomic E-state index is 0.242. The van der Waals surface area contributed by atoms with Gasteiger partial charge < -0.3 is 9.84 Å². The number of ether oxygens (including phenoxy) is 1. The number of hydrogen-bond acceptors (Lipinski definition) is 3. The van der Waals surface area contributed by atoms with Crippen molar-refractivity contribution in [3.8, 4) is 28.0 Å². The van der Waals surface area contributed by atoms with E-state index in [0.29, 0.717) is 5.75 Å². The topological polar surface area (TPSA) is 46.5 Å². The van der Waals surface area contributed by atoms with Crippen molar-refractivity contribution in [2.24, 2.45) is 0 Å². The molecule has 0 saturated carbocycles. The average Bonchev–Trinajstić information content (AvgIpc) is 3.45. The van der Waals surface area contributed by atoms with Gasteiger partial charge in [-0.2, -0.15) is 11.3 Å². The second-order valence-corrected chi connectivity index (χ2v) is 9.59. The van der Waals surface area contributed by atoms with Gasteiger partial charge in [0.1, 0.15) is 5.75 Å². The van der Waals surface area contributed by atoms with Gasteiger partial charge in [0.15, 0.2) is 0 Å². The van der Waals surface area contributed by atoms with Crippen LogP contribution in [0.15, 0.2) is 126 Å². The van der Waals surface area contributed by atoms with Crippen LogP contribution in [-0.2, 0) is 17.6 Å². The lowest BCUT2D eigenvalue weighted by Crippen LogP contribution is -2.48. The molecule has 0 aliphatic heterocycles. The summed E-state index contributed by atoms with van der Waals surface area (Å²) in [6.07, 6.45) is 0.485. The second kappa shape index (κ2) is 10.6. The predicted molar refractivity (Wildman–Crippen MR) is 146 cm³/mol. The molecule has 4 aromatic carbocycles. The van der Waals surface area contributed by atoms with E-state index in [9.17, 15) is 9.90 Å². The Morgan fingerprint density at radius 2 is 1.28 bits per heavy atom. The molecular formula is C32H26O3S. The van der Waals surface area contributed by atoms with E-state index in [2.05, 4.69) is 23.6 Å². The highest BCUT2D eigenvalue weighted by atomic mass is 32.1. The van der Waals surface area contributed by atoms with Crippen LogP contribution in [0, 0.1) is 0 Å². The summed E-state index contributed by atoms with van der Waals surface area (Å²) in [6.45, 7) is 0. The molecule has 1 heterocycles. The molecular weight excluding hydrogens is 464 g/mol. The van der Waals surface area contributed by atoms with E-state index in [1.807, 2.05) is 102 Å². The Kier molecular flexibility index (Phi) is 6.96. The fourth-order valence-corrected chi connectivity index (χ4v) is 5.18. The molecule has 0 atom stereocenters. The van der Waals surface area contributed by atoms with Crippen LogP contribution in [0.4, 0.5) is 0 Å². The van der Waals surface area contributed by atoms with Gasteiger partial charge in [-0.15, -0.1) is 0 Å². The van der Waals surface area contributed by atoms with E-state index in [-0.39, 0.29) is 12.8 Å². The van der Waals surface area contributed by atoms with Crippen molar-refractivity contribution in [1.29, 1.82) is 0 Å². The molecule has 0 unspecified atom stereocenters. The molecule has 0 saturated heterocycles. The van der Waals surface area contributed by atoms with Crippen molar-refractivity contribution in [3.63, 3.8) is 0 Å². The summed E-state index contributed by atoms with van der Waals surface area (Å²) in [5.41, 5.74) is 4.62. The highest BCUT2D eigenvalue weighted by molar-refractivity contribution is 7.08. The van der Waals surface area contributed by atoms with E-state index < -0.39 is 11.6 Å². The molecule has 5 aromatic rings. The predicted octanol–water partition coefficient (Wildman–Crippen LogP) is 7.77. The number of carboxylic acids is 1. The highest BCUT2D eigenvalue weighted by Gasteiger charge is 2.42. The van der Waals surface area contributed by atoms with Crippen LogP contribution < -0.4 is 4.74 Å². The second-order valence-electron chi connectivity index (χ2n) is 8.81. The summed E-state index contributed by atoms with van der Waals surface area (Å²) < 4.78 is 6.50. The van der Waals surface area contributed by atoms with Crippen molar-refractivity contribution in [1.82, 2.24) is 0 Å². The minimum Gasteiger partial charge on any atom is -0.478 e. The Hall–Kier alpha value is -4.15. The molecule has 1 N–H and O–H groups in total. The Balaban J connectivity index is 1.59. The SMILES string of the molecule is O=C(O)C(Cc1ccccc1)(Cc1ccccc1)Oc1ccc(-c2ccccc2)c(-c2ccsc2)c1. The average molecular weight is 491 g/mol. The number of aliphatic carboxylic acids is 1. The first kappa shape index (κ1) is 23.6. The molecule has 0 radical (unpaired) electrons. The number of carboxylic acid groups (broad SMARTS) is 1. The summed E-state index contributed by atoms with van der Waals surface area (Å²) >= 11 is 1.63. The fourth-order valence-electron chi connectivity index (χ4n) is 4.52. The summed E-state index contributed by atoms with van der Waals surface area (Å²) in [6, 6.07) is 37.5. The van der Waals surface area contributed by atoms with E-state index in [1.165, 1.54) is 0 Å². The van der Waals surface area contributed by atoms with Crippen LogP contribution in [-0.4, -0.2) is 16.7 Å². The molecule has 178 valence electrons. The van der Waals surface area contributed by atoms with E-state index in [1.54, 1.807) is 11.3 Å². The maximum atomic E-state index is 12.9. The molecule has 0 aliphatic rings. The fraction of sp³-hybridized carbons (Fsp3) is 0.0938. The Morgan fingerprint density at radius 1 is 0.694 bits per heavy atom. The Morgan fingerprint density at radius 3 is 1.81 bits per heavy atom. The number of benzene rings is 4. The van der Waals surface area contributed by atoms with Gasteiger partial charge in [0.2, 0.25) is 5.60 Å². The third-order valence-electron chi connectivity index (χ3n) is 6.28. The van der Waals surface area contributed by atoms with E-state index in [0.717, 1.165) is 33.4 Å². The van der Waals surface area contributed by atoms with Gasteiger partial charge in [0.25, 0.3) is 0 Å². The Labute approximate surface area is 215 Å². The lowest BCUT2D eigenvalue weighted by molar-refractivity contribution is -0.155. The third-order valence-corrected chi connectivity index (χ3v) is 6.96. The lowest BCUT2D eigenvalue weighted by atomic mass is 9.87. The van der Waals surface area contributed by atoms with E-state index >= 15 is 0 Å². The number of rotatable bonds is 9. The Bertz CT molecular complexity index is 1370. The quantitative estimate of drug-likeness (QED) is 0.230. The number of hydrogen-bond donors (Lipinski definition) is 1. The van der Waals surface area contributed by atoms with Gasteiger partial charge in [-0.3, -0.25) is 0 Å². The van der Waals surface area contributed by atoms with Crippen molar-refractivity contribution in [2.75, 3.05) is 0 Å². The molecule has 0 fully saturated rings. The summed E-state index contributed by atoms with van der Waals surface area (Å²) in [5, 5.41) is 14.7. The molecule has 4 heteroatoms. The first-order valence-electron chi connectivity index (χ1n) is 11.9. The highest BCUT2D eigenvalue weighted by Crippen LogP contribution is 2.37. The lowest BCUT2D eigenvalue weighted by Gasteiger charge is -2.31. The zero-order chi connectivity index (χ0) is 24.8. The monoisotopic (exact) mass is 490 g/mol. The molecule has 0 spiro atoms. The molecule has 0 aliphatic carbocycles. The summed E-state index contributed by atoms with van der Waals surface area (Å²) in [4.78, 5) is 12.9. The zero-order valence-electron chi connectivity index (χ0n) is 19.7. The van der Waals surface area contributed by atoms with Crippen molar-refractivity contribution < 1.29 is 14.6 Å². The van der Waals surface area contributed by atoms with Crippen LogP contribution in [0.3, 0.4) is 0 Å². The summed E-state index contributed by atoms with van der Waals surface area (Å²) in [5.74, 6) is -0.454. The summed E-state index contributed by atoms with van der Waals surface area (Å²) in [7, 11) is 0. The number of thiophene rings is 1. The van der Waals surface area contributed by atoms with Gasteiger partial charge in [-0.25, -0.2) is 4.79 Å². The van der Waals surface area contributed by atoms with Crippen LogP contribution in [0.1, 0.15) is 11.1 Å². The standard InChI is InChI=1S/C32H26O3S/c33-31(34)32(21-24-10-4-1-5-11-24,22-25-12-6-2-7-13-25)35-28-16-17-29(26-14-8-3-9-15-26)30(20-28)27-18-19-36-23-27/h1-20,23H,21-22H2,(H,33,34). The maximum Gasteiger partial charge on any atom is 0.348 e. The van der Waals surface area contributed by atoms with Crippen LogP contribution in [0.5, 0.6) is 5.75 Å². The van der Waals surface area contributed by atoms with Crippen LogP contribution >= 0.6 is 11.3 Å². The smallest absolute Gasteiger partial charge is 0.348 e. The molecule has 1 aromatic heterocycles. The molecule has 36 heavy (non-hydrogen) atoms. The van der Waals surface area contributed by atoms with Gasteiger partial charge in [-0.05, 0) is 62.3 Å². The van der Waals surface area contributed by atoms with Crippen molar-refractivity contribution >= 4 is 17.3 Å². The van der Waals surface area contributed by atoms with Crippen LogP contribution in [0.25, 0.3) is 22.3 Å². The largest absolute Gasteiger partial charge is 0.478 e. The first-order valence-corrected chi connectivity index (χ1v) is 12.8. The maximum absolute atomic E-state index is 12.9. The van der Waals surface area contributed by atoms with Crippen molar-refractivity contribution in [2.45, 2.75) is 18.4 Å². The van der Waals surface area contributed by atoms with Crippen LogP contribution in [0.2, 0.25) is 0 Å². The zero-order valence-corrected chi connectivity index (χ0v) is 20.5. The minimum atomic E-state index is -1.47. The number of carbonyl (C=O) groups is 1.